The van der Waals surface area contributed by atoms with Crippen molar-refractivity contribution < 1.29 is 29.3 Å². The van der Waals surface area contributed by atoms with Gasteiger partial charge < -0.3 is 24.7 Å². The number of carboxylic acids is 1. The summed E-state index contributed by atoms with van der Waals surface area (Å²) in [5.74, 6) is -3.86. The van der Waals surface area contributed by atoms with E-state index in [0.29, 0.717) is 18.4 Å². The molecule has 1 aromatic heterocycles. The monoisotopic (exact) mass is 483 g/mol. The van der Waals surface area contributed by atoms with Crippen molar-refractivity contribution in [2.45, 2.75) is 50.1 Å². The highest BCUT2D eigenvalue weighted by atomic mass is 16.5. The van der Waals surface area contributed by atoms with E-state index in [9.17, 15) is 24.6 Å². The van der Waals surface area contributed by atoms with Crippen molar-refractivity contribution in [1.29, 1.82) is 0 Å². The molecule has 3 saturated heterocycles. The van der Waals surface area contributed by atoms with E-state index in [4.69, 9.17) is 4.74 Å². The SMILES string of the molecule is C=CCN(Cn1nnc2ccccc21)C(=O)C1N(CCCO)C(=O)[C@@H]2[C@@H](C(=O)O)[C@@]3(C)CCC12O3. The fourth-order valence-electron chi connectivity index (χ4n) is 6.29. The minimum atomic E-state index is -1.23. The molecule has 2 amide bonds. The topological polar surface area (TPSA) is 138 Å². The van der Waals surface area contributed by atoms with Gasteiger partial charge in [-0.1, -0.05) is 23.4 Å². The average Bonchev–Trinajstić information content (AvgIpc) is 3.53. The summed E-state index contributed by atoms with van der Waals surface area (Å²) in [6.45, 7) is 5.73. The first kappa shape index (κ1) is 23.4. The van der Waals surface area contributed by atoms with E-state index < -0.39 is 41.0 Å². The third-order valence-electron chi connectivity index (χ3n) is 7.72. The standard InChI is InChI=1S/C24H29N5O6/c1-3-11-27(14-29-16-8-5-4-7-15(16)25-26-29)21(32)19-24-10-9-23(2,35-24)18(22(33)34)17(24)20(31)28(19)12-6-13-30/h3-5,7-8,17-19,30H,1,6,9-14H2,2H3,(H,33,34)/t17-,18-,19?,23+,24?/m0/s1. The predicted molar refractivity (Wildman–Crippen MR) is 123 cm³/mol. The van der Waals surface area contributed by atoms with E-state index in [2.05, 4.69) is 16.9 Å². The van der Waals surface area contributed by atoms with Gasteiger partial charge in [0.1, 0.15) is 23.8 Å². The Bertz CT molecular complexity index is 1200. The van der Waals surface area contributed by atoms with Gasteiger partial charge in [0.2, 0.25) is 11.8 Å². The molecular weight excluding hydrogens is 454 g/mol. The lowest BCUT2D eigenvalue weighted by molar-refractivity contribution is -0.156. The first-order valence-corrected chi connectivity index (χ1v) is 11.8. The molecule has 5 rings (SSSR count). The van der Waals surface area contributed by atoms with Crippen LogP contribution in [0.15, 0.2) is 36.9 Å². The van der Waals surface area contributed by atoms with E-state index in [1.54, 1.807) is 17.7 Å². The largest absolute Gasteiger partial charge is 0.481 e. The fourth-order valence-corrected chi connectivity index (χ4v) is 6.29. The molecule has 2 unspecified atom stereocenters. The van der Waals surface area contributed by atoms with Gasteiger partial charge in [0, 0.05) is 19.7 Å². The van der Waals surface area contributed by atoms with E-state index in [1.807, 2.05) is 24.3 Å². The van der Waals surface area contributed by atoms with Crippen LogP contribution in [0, 0.1) is 11.8 Å². The van der Waals surface area contributed by atoms with Crippen LogP contribution < -0.4 is 0 Å². The fraction of sp³-hybridized carbons (Fsp3) is 0.542. The zero-order valence-electron chi connectivity index (χ0n) is 19.5. The molecule has 3 aliphatic rings. The van der Waals surface area contributed by atoms with Gasteiger partial charge in [-0.3, -0.25) is 14.4 Å². The summed E-state index contributed by atoms with van der Waals surface area (Å²) in [4.78, 5) is 42.9. The second kappa shape index (κ2) is 8.42. The summed E-state index contributed by atoms with van der Waals surface area (Å²) in [5, 5.41) is 27.8. The van der Waals surface area contributed by atoms with Crippen molar-refractivity contribution >= 4 is 28.8 Å². The Morgan fingerprint density at radius 3 is 2.83 bits per heavy atom. The first-order chi connectivity index (χ1) is 16.8. The summed E-state index contributed by atoms with van der Waals surface area (Å²) >= 11 is 0. The van der Waals surface area contributed by atoms with Gasteiger partial charge in [0.25, 0.3) is 0 Å². The Morgan fingerprint density at radius 2 is 2.11 bits per heavy atom. The number of carbonyl (C=O) groups is 3. The summed E-state index contributed by atoms with van der Waals surface area (Å²) in [5.41, 5.74) is -0.806. The average molecular weight is 484 g/mol. The van der Waals surface area contributed by atoms with Gasteiger partial charge in [-0.15, -0.1) is 11.7 Å². The number of fused-ring (bicyclic) bond motifs is 2. The van der Waals surface area contributed by atoms with Crippen LogP contribution in [-0.2, 0) is 25.8 Å². The van der Waals surface area contributed by atoms with Crippen molar-refractivity contribution in [3.8, 4) is 0 Å². The number of ether oxygens (including phenoxy) is 1. The number of aliphatic hydroxyl groups is 1. The van der Waals surface area contributed by atoms with Crippen LogP contribution >= 0.6 is 0 Å². The van der Waals surface area contributed by atoms with Gasteiger partial charge >= 0.3 is 5.97 Å². The molecule has 0 saturated carbocycles. The van der Waals surface area contributed by atoms with Gasteiger partial charge in [-0.05, 0) is 38.3 Å². The maximum absolute atomic E-state index is 14.2. The highest BCUT2D eigenvalue weighted by molar-refractivity contribution is 5.98. The number of rotatable bonds is 9. The lowest BCUT2D eigenvalue weighted by Crippen LogP contribution is -2.56. The molecule has 11 heteroatoms. The van der Waals surface area contributed by atoms with Crippen molar-refractivity contribution in [1.82, 2.24) is 24.8 Å². The molecule has 11 nitrogen and oxygen atoms in total. The van der Waals surface area contributed by atoms with Gasteiger partial charge in [-0.25, -0.2) is 4.68 Å². The molecule has 1 spiro atoms. The maximum atomic E-state index is 14.2. The molecule has 5 atom stereocenters. The number of carbonyl (C=O) groups excluding carboxylic acids is 2. The second-order valence-corrected chi connectivity index (χ2v) is 9.74. The van der Waals surface area contributed by atoms with E-state index in [1.165, 1.54) is 9.80 Å². The molecule has 2 aromatic rings. The minimum Gasteiger partial charge on any atom is -0.481 e. The number of nitrogens with zero attached hydrogens (tertiary/aromatic N) is 5. The Hall–Kier alpha value is -3.31. The van der Waals surface area contributed by atoms with Gasteiger partial charge in [-0.2, -0.15) is 0 Å². The number of aromatic nitrogens is 3. The number of hydrogen-bond acceptors (Lipinski definition) is 7. The molecule has 0 aliphatic carbocycles. The zero-order chi connectivity index (χ0) is 25.0. The number of likely N-dealkylation sites (tertiary alicyclic amines) is 1. The van der Waals surface area contributed by atoms with E-state index in [-0.39, 0.29) is 38.7 Å². The molecule has 186 valence electrons. The third-order valence-corrected chi connectivity index (χ3v) is 7.72. The van der Waals surface area contributed by atoms with Crippen molar-refractivity contribution in [3.63, 3.8) is 0 Å². The normalized spacial score (nSPS) is 31.2. The van der Waals surface area contributed by atoms with Crippen molar-refractivity contribution in [2.24, 2.45) is 11.8 Å². The number of aliphatic carboxylic acids is 1. The summed E-state index contributed by atoms with van der Waals surface area (Å²) in [6.07, 6.45) is 2.71. The molecule has 3 aliphatic heterocycles. The Kier molecular flexibility index (Phi) is 5.64. The van der Waals surface area contributed by atoms with Crippen LogP contribution in [0.5, 0.6) is 0 Å². The molecular formula is C24H29N5O6. The van der Waals surface area contributed by atoms with Gasteiger partial charge in [0.05, 0.1) is 23.0 Å². The molecule has 4 heterocycles. The van der Waals surface area contributed by atoms with Crippen LogP contribution in [0.2, 0.25) is 0 Å². The van der Waals surface area contributed by atoms with Crippen LogP contribution in [0.3, 0.4) is 0 Å². The quantitative estimate of drug-likeness (QED) is 0.496. The highest BCUT2D eigenvalue weighted by Gasteiger charge is 2.78. The maximum Gasteiger partial charge on any atom is 0.310 e. The van der Waals surface area contributed by atoms with Crippen molar-refractivity contribution in [2.75, 3.05) is 19.7 Å². The number of carboxylic acid groups (broad SMARTS) is 1. The Morgan fingerprint density at radius 1 is 1.34 bits per heavy atom. The van der Waals surface area contributed by atoms with Crippen molar-refractivity contribution in [3.05, 3.63) is 36.9 Å². The summed E-state index contributed by atoms with van der Waals surface area (Å²) in [6, 6.07) is 6.38. The number of amides is 2. The Labute approximate surface area is 201 Å². The highest BCUT2D eigenvalue weighted by Crippen LogP contribution is 2.63. The smallest absolute Gasteiger partial charge is 0.310 e. The molecule has 2 bridgehead atoms. The van der Waals surface area contributed by atoms with Crippen LogP contribution in [0.1, 0.15) is 26.2 Å². The lowest BCUT2D eigenvalue weighted by Gasteiger charge is -2.36. The summed E-state index contributed by atoms with van der Waals surface area (Å²) < 4.78 is 7.99. The van der Waals surface area contributed by atoms with E-state index >= 15 is 0 Å². The number of benzene rings is 1. The summed E-state index contributed by atoms with van der Waals surface area (Å²) in [7, 11) is 0. The van der Waals surface area contributed by atoms with Gasteiger partial charge in [0.15, 0.2) is 0 Å². The molecule has 0 radical (unpaired) electrons. The first-order valence-electron chi connectivity index (χ1n) is 11.8. The zero-order valence-corrected chi connectivity index (χ0v) is 19.5. The predicted octanol–water partition coefficient (Wildman–Crippen LogP) is 0.635. The van der Waals surface area contributed by atoms with Crippen LogP contribution in [0.25, 0.3) is 11.0 Å². The van der Waals surface area contributed by atoms with E-state index in [0.717, 1.165) is 5.52 Å². The lowest BCUT2D eigenvalue weighted by atomic mass is 9.66. The third kappa shape index (κ3) is 3.36. The van der Waals surface area contributed by atoms with Crippen LogP contribution in [0.4, 0.5) is 0 Å². The Balaban J connectivity index is 1.54. The second-order valence-electron chi connectivity index (χ2n) is 9.74. The molecule has 1 aromatic carbocycles. The molecule has 35 heavy (non-hydrogen) atoms. The number of hydrogen-bond donors (Lipinski definition) is 2. The molecule has 3 fully saturated rings. The molecule has 2 N–H and O–H groups in total. The minimum absolute atomic E-state index is 0.0737. The number of aliphatic hydroxyl groups excluding tert-OH is 1. The van der Waals surface area contributed by atoms with Crippen LogP contribution in [-0.4, -0.2) is 89.7 Å². The number of para-hydroxylation sites is 1.